The Morgan fingerprint density at radius 1 is 1.07 bits per heavy atom. The largest absolute Gasteiger partial charge is 0.399 e. The van der Waals surface area contributed by atoms with Crippen molar-refractivity contribution in [2.45, 2.75) is 6.92 Å². The van der Waals surface area contributed by atoms with Crippen LogP contribution in [0.3, 0.4) is 0 Å². The van der Waals surface area contributed by atoms with Crippen LogP contribution in [0.1, 0.15) is 5.56 Å². The molecule has 2 heteroatoms. The average Bonchev–Trinajstić information content (AvgIpc) is 2.22. The Kier molecular flexibility index (Phi) is 2.65. The molecule has 0 saturated heterocycles. The van der Waals surface area contributed by atoms with Crippen LogP contribution in [0.25, 0.3) is 11.1 Å². The maximum atomic E-state index is 5.98. The number of nitrogen functional groups attached to an aromatic ring is 1. The van der Waals surface area contributed by atoms with Crippen molar-refractivity contribution in [2.75, 3.05) is 5.73 Å². The highest BCUT2D eigenvalue weighted by Gasteiger charge is 2.02. The number of hydrogen-bond donors (Lipinski definition) is 1. The molecule has 0 aliphatic carbocycles. The summed E-state index contributed by atoms with van der Waals surface area (Å²) in [5.74, 6) is 0. The quantitative estimate of drug-likeness (QED) is 0.721. The molecule has 0 bridgehead atoms. The first-order valence-electron chi connectivity index (χ1n) is 4.79. The van der Waals surface area contributed by atoms with Crippen molar-refractivity contribution in [1.82, 2.24) is 0 Å². The van der Waals surface area contributed by atoms with Gasteiger partial charge in [-0.3, -0.25) is 0 Å². The number of rotatable bonds is 1. The fourth-order valence-electron chi connectivity index (χ4n) is 1.61. The van der Waals surface area contributed by atoms with Gasteiger partial charge in [0.15, 0.2) is 0 Å². The second-order valence-electron chi connectivity index (χ2n) is 3.58. The van der Waals surface area contributed by atoms with Crippen LogP contribution in [-0.2, 0) is 0 Å². The maximum absolute atomic E-state index is 5.98. The first-order valence-corrected chi connectivity index (χ1v) is 5.17. The van der Waals surface area contributed by atoms with Crippen molar-refractivity contribution < 1.29 is 0 Å². The normalized spacial score (nSPS) is 10.3. The fourth-order valence-corrected chi connectivity index (χ4v) is 1.78. The molecule has 1 nitrogen and oxygen atoms in total. The monoisotopic (exact) mass is 217 g/mol. The van der Waals surface area contributed by atoms with E-state index in [1.54, 1.807) is 0 Å². The summed E-state index contributed by atoms with van der Waals surface area (Å²) < 4.78 is 0. The number of aryl methyl sites for hydroxylation is 1. The smallest absolute Gasteiger partial charge is 0.0412 e. The van der Waals surface area contributed by atoms with Gasteiger partial charge < -0.3 is 5.73 Å². The van der Waals surface area contributed by atoms with Crippen molar-refractivity contribution in [1.29, 1.82) is 0 Å². The van der Waals surface area contributed by atoms with Crippen LogP contribution in [0.4, 0.5) is 5.69 Å². The molecule has 0 aliphatic rings. The molecule has 0 radical (unpaired) electrons. The maximum Gasteiger partial charge on any atom is 0.0412 e. The molecule has 0 saturated carbocycles. The van der Waals surface area contributed by atoms with E-state index in [1.807, 2.05) is 42.5 Å². The first-order chi connectivity index (χ1) is 7.16. The van der Waals surface area contributed by atoms with E-state index in [4.69, 9.17) is 17.3 Å². The molecule has 0 heterocycles. The van der Waals surface area contributed by atoms with Crippen molar-refractivity contribution in [3.8, 4) is 11.1 Å². The number of anilines is 1. The summed E-state index contributed by atoms with van der Waals surface area (Å²) in [6.07, 6.45) is 0. The Morgan fingerprint density at radius 2 is 1.87 bits per heavy atom. The summed E-state index contributed by atoms with van der Waals surface area (Å²) in [6, 6.07) is 13.7. The Balaban J connectivity index is 2.58. The minimum atomic E-state index is 0.748. The van der Waals surface area contributed by atoms with E-state index in [1.165, 1.54) is 5.56 Å². The summed E-state index contributed by atoms with van der Waals surface area (Å²) in [4.78, 5) is 0. The molecule has 2 aromatic rings. The standard InChI is InChI=1S/C13H12ClN/c1-9-5-6-11(14)8-13(9)10-3-2-4-12(15)7-10/h2-8H,15H2,1H3. The molecule has 0 aliphatic heterocycles. The highest BCUT2D eigenvalue weighted by Crippen LogP contribution is 2.27. The van der Waals surface area contributed by atoms with E-state index >= 15 is 0 Å². The van der Waals surface area contributed by atoms with Gasteiger partial charge >= 0.3 is 0 Å². The highest BCUT2D eigenvalue weighted by molar-refractivity contribution is 6.30. The minimum absolute atomic E-state index is 0.748. The molecule has 0 amide bonds. The van der Waals surface area contributed by atoms with Crippen LogP contribution in [0.15, 0.2) is 42.5 Å². The van der Waals surface area contributed by atoms with Gasteiger partial charge in [0.1, 0.15) is 0 Å². The van der Waals surface area contributed by atoms with Crippen LogP contribution in [0, 0.1) is 6.92 Å². The van der Waals surface area contributed by atoms with Crippen LogP contribution >= 0.6 is 11.6 Å². The topological polar surface area (TPSA) is 26.0 Å². The molecule has 76 valence electrons. The zero-order valence-electron chi connectivity index (χ0n) is 8.50. The summed E-state index contributed by atoms with van der Waals surface area (Å²) in [6.45, 7) is 2.06. The van der Waals surface area contributed by atoms with E-state index < -0.39 is 0 Å². The molecule has 2 N–H and O–H groups in total. The summed E-state index contributed by atoms with van der Waals surface area (Å²) in [7, 11) is 0. The number of benzene rings is 2. The lowest BCUT2D eigenvalue weighted by Crippen LogP contribution is -1.87. The average molecular weight is 218 g/mol. The van der Waals surface area contributed by atoms with Gasteiger partial charge in [0.2, 0.25) is 0 Å². The van der Waals surface area contributed by atoms with Gasteiger partial charge in [-0.15, -0.1) is 0 Å². The van der Waals surface area contributed by atoms with Gasteiger partial charge in [-0.05, 0) is 47.9 Å². The van der Waals surface area contributed by atoms with Crippen molar-refractivity contribution in [3.63, 3.8) is 0 Å². The van der Waals surface area contributed by atoms with Crippen molar-refractivity contribution in [3.05, 3.63) is 53.1 Å². The van der Waals surface area contributed by atoms with Gasteiger partial charge in [0.25, 0.3) is 0 Å². The van der Waals surface area contributed by atoms with Crippen molar-refractivity contribution >= 4 is 17.3 Å². The molecule has 15 heavy (non-hydrogen) atoms. The number of halogens is 1. The third-order valence-corrected chi connectivity index (χ3v) is 2.63. The summed E-state index contributed by atoms with van der Waals surface area (Å²) in [5.41, 5.74) is 9.96. The predicted octanol–water partition coefficient (Wildman–Crippen LogP) is 3.90. The lowest BCUT2D eigenvalue weighted by Gasteiger charge is -2.07. The predicted molar refractivity (Wildman–Crippen MR) is 66.0 cm³/mol. The molecule has 0 unspecified atom stereocenters. The van der Waals surface area contributed by atoms with Gasteiger partial charge in [0.05, 0.1) is 0 Å². The zero-order chi connectivity index (χ0) is 10.8. The molecular formula is C13H12ClN. The molecule has 0 aromatic heterocycles. The number of hydrogen-bond acceptors (Lipinski definition) is 1. The van der Waals surface area contributed by atoms with E-state index in [0.717, 1.165) is 21.8 Å². The Hall–Kier alpha value is -1.47. The van der Waals surface area contributed by atoms with Crippen LogP contribution in [0.2, 0.25) is 5.02 Å². The summed E-state index contributed by atoms with van der Waals surface area (Å²) in [5, 5.41) is 0.748. The first kappa shape index (κ1) is 10.1. The van der Waals surface area contributed by atoms with E-state index in [2.05, 4.69) is 6.92 Å². The van der Waals surface area contributed by atoms with Gasteiger partial charge in [0, 0.05) is 10.7 Å². The fraction of sp³-hybridized carbons (Fsp3) is 0.0769. The number of nitrogens with two attached hydrogens (primary N) is 1. The van der Waals surface area contributed by atoms with E-state index in [9.17, 15) is 0 Å². The lowest BCUT2D eigenvalue weighted by molar-refractivity contribution is 1.46. The van der Waals surface area contributed by atoms with Crippen LogP contribution < -0.4 is 5.73 Å². The Morgan fingerprint density at radius 3 is 2.60 bits per heavy atom. The van der Waals surface area contributed by atoms with Gasteiger partial charge in [-0.25, -0.2) is 0 Å². The third-order valence-electron chi connectivity index (χ3n) is 2.40. The van der Waals surface area contributed by atoms with Crippen LogP contribution in [-0.4, -0.2) is 0 Å². The molecule has 2 aromatic carbocycles. The van der Waals surface area contributed by atoms with Gasteiger partial charge in [-0.2, -0.15) is 0 Å². The minimum Gasteiger partial charge on any atom is -0.399 e. The molecular weight excluding hydrogens is 206 g/mol. The Labute approximate surface area is 94.5 Å². The van der Waals surface area contributed by atoms with Crippen molar-refractivity contribution in [2.24, 2.45) is 0 Å². The third kappa shape index (κ3) is 2.13. The van der Waals surface area contributed by atoms with Crippen LogP contribution in [0.5, 0.6) is 0 Å². The lowest BCUT2D eigenvalue weighted by atomic mass is 10.0. The molecule has 0 fully saturated rings. The van der Waals surface area contributed by atoms with E-state index in [0.29, 0.717) is 0 Å². The second-order valence-corrected chi connectivity index (χ2v) is 4.02. The summed E-state index contributed by atoms with van der Waals surface area (Å²) >= 11 is 5.98. The van der Waals surface area contributed by atoms with Gasteiger partial charge in [-0.1, -0.05) is 29.8 Å². The van der Waals surface area contributed by atoms with E-state index in [-0.39, 0.29) is 0 Å². The molecule has 2 rings (SSSR count). The molecule has 0 spiro atoms. The zero-order valence-corrected chi connectivity index (χ0v) is 9.25. The SMILES string of the molecule is Cc1ccc(Cl)cc1-c1cccc(N)c1. The molecule has 0 atom stereocenters. The second kappa shape index (κ2) is 3.95. The highest BCUT2D eigenvalue weighted by atomic mass is 35.5. The Bertz CT molecular complexity index is 492.